The summed E-state index contributed by atoms with van der Waals surface area (Å²) in [5, 5.41) is 9.21. The number of nitrogens with zero attached hydrogens (tertiary/aromatic N) is 7. The molecular formula is C25H24ClF4N7O2. The van der Waals surface area contributed by atoms with Crippen LogP contribution in [0.15, 0.2) is 30.5 Å². The number of anilines is 2. The Balaban J connectivity index is 1.16. The van der Waals surface area contributed by atoms with Crippen LogP contribution in [0.4, 0.5) is 29.3 Å². The number of pyridine rings is 1. The second kappa shape index (κ2) is 8.42. The van der Waals surface area contributed by atoms with Crippen LogP contribution in [0.2, 0.25) is 5.02 Å². The fourth-order valence-electron chi connectivity index (χ4n) is 6.14. The van der Waals surface area contributed by atoms with Gasteiger partial charge in [0.05, 0.1) is 38.8 Å². The maximum Gasteiger partial charge on any atom is 0.411 e. The summed E-state index contributed by atoms with van der Waals surface area (Å²) in [5.74, 6) is 1.54. The van der Waals surface area contributed by atoms with Gasteiger partial charge in [0.1, 0.15) is 5.82 Å². The zero-order valence-electron chi connectivity index (χ0n) is 20.9. The molecule has 0 unspecified atom stereocenters. The largest absolute Gasteiger partial charge is 0.493 e. The van der Waals surface area contributed by atoms with Crippen molar-refractivity contribution in [1.29, 1.82) is 0 Å². The molecule has 1 spiro atoms. The maximum atomic E-state index is 14.2. The Bertz CT molecular complexity index is 1450. The van der Waals surface area contributed by atoms with Crippen molar-refractivity contribution >= 4 is 23.4 Å². The van der Waals surface area contributed by atoms with Gasteiger partial charge in [-0.3, -0.25) is 9.47 Å². The first kappa shape index (κ1) is 24.9. The van der Waals surface area contributed by atoms with Gasteiger partial charge in [-0.15, -0.1) is 10.2 Å². The summed E-state index contributed by atoms with van der Waals surface area (Å²) in [5.41, 5.74) is -0.709. The van der Waals surface area contributed by atoms with E-state index < -0.39 is 30.7 Å². The van der Waals surface area contributed by atoms with E-state index in [9.17, 15) is 17.6 Å². The number of hydrogen-bond donors (Lipinski definition) is 0. The molecule has 0 N–H and O–H groups in total. The van der Waals surface area contributed by atoms with Gasteiger partial charge >= 0.3 is 6.18 Å². The minimum Gasteiger partial charge on any atom is -0.493 e. The average molecular weight is 566 g/mol. The summed E-state index contributed by atoms with van der Waals surface area (Å²) < 4.78 is 68.4. The summed E-state index contributed by atoms with van der Waals surface area (Å²) in [7, 11) is 1.48. The Kier molecular flexibility index (Phi) is 5.36. The lowest BCUT2D eigenvalue weighted by Crippen LogP contribution is -2.73. The highest BCUT2D eigenvalue weighted by Crippen LogP contribution is 2.47. The number of aromatic nitrogens is 4. The highest BCUT2D eigenvalue weighted by molar-refractivity contribution is 6.30. The fraction of sp³-hybridized carbons (Fsp3) is 0.480. The number of hydrogen-bond acceptors (Lipinski definition) is 8. The van der Waals surface area contributed by atoms with E-state index in [0.717, 1.165) is 0 Å². The third-order valence-corrected chi connectivity index (χ3v) is 8.45. The lowest BCUT2D eigenvalue weighted by Gasteiger charge is -2.60. The van der Waals surface area contributed by atoms with E-state index in [-0.39, 0.29) is 18.5 Å². The van der Waals surface area contributed by atoms with Gasteiger partial charge in [0, 0.05) is 49.2 Å². The van der Waals surface area contributed by atoms with E-state index in [2.05, 4.69) is 20.1 Å². The van der Waals surface area contributed by atoms with Crippen LogP contribution in [0, 0.1) is 11.2 Å². The van der Waals surface area contributed by atoms with Crippen molar-refractivity contribution in [3.05, 3.63) is 52.7 Å². The summed E-state index contributed by atoms with van der Waals surface area (Å²) in [6.07, 6.45) is -3.29. The third kappa shape index (κ3) is 3.70. The quantitative estimate of drug-likeness (QED) is 0.446. The van der Waals surface area contributed by atoms with Crippen LogP contribution in [0.1, 0.15) is 11.4 Å². The lowest BCUT2D eigenvalue weighted by atomic mass is 9.73. The average Bonchev–Trinajstić information content (AvgIpc) is 3.11. The predicted molar refractivity (Wildman–Crippen MR) is 133 cm³/mol. The Labute approximate surface area is 225 Å². The zero-order valence-corrected chi connectivity index (χ0v) is 21.6. The normalized spacial score (nSPS) is 21.4. The predicted octanol–water partition coefficient (Wildman–Crippen LogP) is 3.44. The molecule has 0 aliphatic carbocycles. The number of benzene rings is 1. The molecule has 4 aliphatic heterocycles. The van der Waals surface area contributed by atoms with E-state index in [1.54, 1.807) is 12.1 Å². The van der Waals surface area contributed by atoms with Crippen LogP contribution < -0.4 is 14.5 Å². The molecule has 6 heterocycles. The Morgan fingerprint density at radius 1 is 1.03 bits per heavy atom. The van der Waals surface area contributed by atoms with Gasteiger partial charge in [0.15, 0.2) is 22.9 Å². The van der Waals surface area contributed by atoms with E-state index in [0.29, 0.717) is 65.8 Å². The number of rotatable bonds is 4. The number of alkyl halides is 3. The van der Waals surface area contributed by atoms with Crippen LogP contribution in [0.3, 0.4) is 0 Å². The molecule has 0 radical (unpaired) electrons. The van der Waals surface area contributed by atoms with E-state index in [1.165, 1.54) is 24.3 Å². The third-order valence-electron chi connectivity index (χ3n) is 8.21. The minimum absolute atomic E-state index is 0.00330. The molecule has 39 heavy (non-hydrogen) atoms. The van der Waals surface area contributed by atoms with Gasteiger partial charge in [-0.05, 0) is 23.8 Å². The molecule has 0 saturated carbocycles. The number of fused-ring (bicyclic) bond motifs is 3. The minimum atomic E-state index is -4.47. The molecule has 7 rings (SSSR count). The molecule has 3 saturated heterocycles. The summed E-state index contributed by atoms with van der Waals surface area (Å²) in [6.45, 7) is 1.98. The van der Waals surface area contributed by atoms with Crippen LogP contribution in [-0.4, -0.2) is 82.9 Å². The number of ether oxygens (including phenoxy) is 2. The van der Waals surface area contributed by atoms with Gasteiger partial charge in [-0.1, -0.05) is 11.6 Å². The second-order valence-corrected chi connectivity index (χ2v) is 11.2. The molecule has 0 atom stereocenters. The van der Waals surface area contributed by atoms with E-state index in [1.807, 2.05) is 15.5 Å². The SMILES string of the molecule is COc1cc(F)cnc1N1CC2(C1)CN(c1nnc3n1-c1ccc(Cl)cc1CN(C1(C(F)(F)F)COC1)C3)C2. The first-order valence-electron chi connectivity index (χ1n) is 12.4. The topological polar surface area (TPSA) is 71.8 Å². The number of methoxy groups -OCH3 is 1. The second-order valence-electron chi connectivity index (χ2n) is 10.8. The molecule has 4 aliphatic rings. The molecular weight excluding hydrogens is 542 g/mol. The van der Waals surface area contributed by atoms with Gasteiger partial charge in [-0.2, -0.15) is 13.2 Å². The van der Waals surface area contributed by atoms with Crippen molar-refractivity contribution in [2.45, 2.75) is 24.8 Å². The van der Waals surface area contributed by atoms with Crippen molar-refractivity contribution in [3.8, 4) is 11.4 Å². The van der Waals surface area contributed by atoms with Crippen molar-refractivity contribution < 1.29 is 27.0 Å². The number of halogens is 5. The maximum absolute atomic E-state index is 14.2. The highest BCUT2D eigenvalue weighted by Gasteiger charge is 2.64. The molecule has 14 heteroatoms. The summed E-state index contributed by atoms with van der Waals surface area (Å²) in [6, 6.07) is 6.55. The van der Waals surface area contributed by atoms with Crippen molar-refractivity contribution in [2.24, 2.45) is 5.41 Å². The Morgan fingerprint density at radius 2 is 1.77 bits per heavy atom. The van der Waals surface area contributed by atoms with Gasteiger partial charge in [0.25, 0.3) is 0 Å². The van der Waals surface area contributed by atoms with E-state index in [4.69, 9.17) is 21.1 Å². The van der Waals surface area contributed by atoms with E-state index >= 15 is 0 Å². The lowest BCUT2D eigenvalue weighted by molar-refractivity contribution is -0.310. The molecule has 9 nitrogen and oxygen atoms in total. The molecule has 206 valence electrons. The van der Waals surface area contributed by atoms with Crippen molar-refractivity contribution in [3.63, 3.8) is 0 Å². The van der Waals surface area contributed by atoms with Crippen molar-refractivity contribution in [1.82, 2.24) is 24.6 Å². The molecule has 2 aromatic heterocycles. The summed E-state index contributed by atoms with van der Waals surface area (Å²) >= 11 is 6.27. The molecule has 3 fully saturated rings. The molecule has 1 aromatic carbocycles. The highest BCUT2D eigenvalue weighted by atomic mass is 35.5. The fourth-order valence-corrected chi connectivity index (χ4v) is 6.33. The zero-order chi connectivity index (χ0) is 27.2. The van der Waals surface area contributed by atoms with Gasteiger partial charge in [-0.25, -0.2) is 9.37 Å². The van der Waals surface area contributed by atoms with Gasteiger partial charge in [0.2, 0.25) is 5.95 Å². The standard InChI is InChI=1S/C25H24ClF4N7O2/c1-38-19-5-17(27)6-31-21(19)34-9-23(10-34)11-35(12-23)22-33-32-20-8-36(24(13-39-14-24)25(28,29)30)7-15-4-16(26)2-3-18(15)37(20)22/h2-6H,7-14H2,1H3. The monoisotopic (exact) mass is 565 g/mol. The molecule has 0 amide bonds. The Hall–Kier alpha value is -3.16. The van der Waals surface area contributed by atoms with Crippen LogP contribution in [-0.2, 0) is 17.8 Å². The van der Waals surface area contributed by atoms with Crippen LogP contribution >= 0.6 is 11.6 Å². The van der Waals surface area contributed by atoms with Crippen LogP contribution in [0.5, 0.6) is 5.75 Å². The Morgan fingerprint density at radius 3 is 2.44 bits per heavy atom. The smallest absolute Gasteiger partial charge is 0.411 e. The first-order valence-corrected chi connectivity index (χ1v) is 12.8. The molecule has 0 bridgehead atoms. The summed E-state index contributed by atoms with van der Waals surface area (Å²) in [4.78, 5) is 9.72. The first-order chi connectivity index (χ1) is 18.6. The van der Waals surface area contributed by atoms with Gasteiger partial charge < -0.3 is 19.3 Å². The van der Waals surface area contributed by atoms with Crippen molar-refractivity contribution in [2.75, 3.05) is 56.3 Å². The van der Waals surface area contributed by atoms with Crippen LogP contribution in [0.25, 0.3) is 5.69 Å². The molecule has 3 aromatic rings.